The number of rotatable bonds is 4. The number of fused-ring (bicyclic) bond motifs is 1. The van der Waals surface area contributed by atoms with Crippen molar-refractivity contribution in [3.8, 4) is 11.3 Å². The Kier molecular flexibility index (Phi) is 3.42. The van der Waals surface area contributed by atoms with E-state index in [1.165, 1.54) is 0 Å². The van der Waals surface area contributed by atoms with Crippen LogP contribution in [0.3, 0.4) is 0 Å². The number of benzene rings is 2. The third-order valence-corrected chi connectivity index (χ3v) is 3.85. The van der Waals surface area contributed by atoms with E-state index in [1.807, 2.05) is 55.5 Å². The highest BCUT2D eigenvalue weighted by molar-refractivity contribution is 5.78. The van der Waals surface area contributed by atoms with Crippen molar-refractivity contribution in [2.75, 3.05) is 5.32 Å². The first-order chi connectivity index (χ1) is 11.7. The van der Waals surface area contributed by atoms with Gasteiger partial charge in [-0.25, -0.2) is 9.78 Å². The van der Waals surface area contributed by atoms with E-state index in [0.717, 1.165) is 28.0 Å². The highest BCUT2D eigenvalue weighted by Crippen LogP contribution is 2.25. The smallest absolute Gasteiger partial charge is 0.323 e. The average Bonchev–Trinajstić information content (AvgIpc) is 3.21. The molecule has 0 aliphatic rings. The van der Waals surface area contributed by atoms with Crippen LogP contribution in [0.25, 0.3) is 22.4 Å². The fraction of sp³-hybridized carbons (Fsp3) is 0.111. The van der Waals surface area contributed by atoms with E-state index in [-0.39, 0.29) is 11.7 Å². The lowest BCUT2D eigenvalue weighted by Gasteiger charge is -2.11. The van der Waals surface area contributed by atoms with Crippen molar-refractivity contribution in [2.24, 2.45) is 0 Å². The minimum atomic E-state index is -0.213. The summed E-state index contributed by atoms with van der Waals surface area (Å²) in [5.74, 6) is 1.35. The summed E-state index contributed by atoms with van der Waals surface area (Å²) in [6, 6.07) is 15.4. The van der Waals surface area contributed by atoms with Crippen molar-refractivity contribution in [3.05, 3.63) is 71.1 Å². The summed E-state index contributed by atoms with van der Waals surface area (Å²) in [6.45, 7) is 1.98. The van der Waals surface area contributed by atoms with E-state index in [1.54, 1.807) is 6.20 Å². The van der Waals surface area contributed by atoms with Gasteiger partial charge < -0.3 is 19.7 Å². The molecule has 0 aliphatic heterocycles. The molecule has 2 aromatic heterocycles. The maximum atomic E-state index is 11.3. The number of oxazole rings is 1. The first-order valence-electron chi connectivity index (χ1n) is 7.69. The van der Waals surface area contributed by atoms with Crippen molar-refractivity contribution in [1.82, 2.24) is 15.0 Å². The van der Waals surface area contributed by atoms with E-state index in [9.17, 15) is 4.79 Å². The molecule has 1 unspecified atom stereocenters. The molecule has 24 heavy (non-hydrogen) atoms. The molecular weight excluding hydrogens is 304 g/mol. The lowest BCUT2D eigenvalue weighted by Crippen LogP contribution is -2.06. The van der Waals surface area contributed by atoms with Gasteiger partial charge in [0.05, 0.1) is 17.2 Å². The standard InChI is InChI=1S/C18H16N4O2/c1-11(17-19-10-16(24-17)12-5-3-2-4-6-12)20-13-7-8-14-15(9-13)22-18(23)21-14/h2-11,20H,1H3,(H2,21,22,23). The Hall–Kier alpha value is -3.28. The van der Waals surface area contributed by atoms with Crippen molar-refractivity contribution >= 4 is 16.7 Å². The number of H-pyrrole nitrogens is 2. The van der Waals surface area contributed by atoms with Crippen LogP contribution in [0.15, 0.2) is 63.9 Å². The zero-order valence-electron chi connectivity index (χ0n) is 13.0. The van der Waals surface area contributed by atoms with Gasteiger partial charge in [0, 0.05) is 11.3 Å². The van der Waals surface area contributed by atoms with Gasteiger partial charge in [-0.15, -0.1) is 0 Å². The predicted octanol–water partition coefficient (Wildman–Crippen LogP) is 3.68. The van der Waals surface area contributed by atoms with Crippen LogP contribution in [0.4, 0.5) is 5.69 Å². The van der Waals surface area contributed by atoms with Gasteiger partial charge in [0.2, 0.25) is 5.89 Å². The number of aromatic amines is 2. The van der Waals surface area contributed by atoms with Gasteiger partial charge in [-0.3, -0.25) is 0 Å². The third-order valence-electron chi connectivity index (χ3n) is 3.85. The molecule has 0 fully saturated rings. The van der Waals surface area contributed by atoms with E-state index in [4.69, 9.17) is 4.42 Å². The van der Waals surface area contributed by atoms with Crippen LogP contribution in [0.1, 0.15) is 18.9 Å². The molecule has 0 saturated heterocycles. The Bertz CT molecular complexity index is 1030. The van der Waals surface area contributed by atoms with Crippen molar-refractivity contribution in [2.45, 2.75) is 13.0 Å². The molecule has 4 aromatic rings. The monoisotopic (exact) mass is 320 g/mol. The summed E-state index contributed by atoms with van der Waals surface area (Å²) in [7, 11) is 0. The molecule has 0 spiro atoms. The molecule has 1 atom stereocenters. The van der Waals surface area contributed by atoms with Gasteiger partial charge in [-0.05, 0) is 25.1 Å². The number of hydrogen-bond donors (Lipinski definition) is 3. The molecule has 120 valence electrons. The van der Waals surface area contributed by atoms with Gasteiger partial charge >= 0.3 is 5.69 Å². The lowest BCUT2D eigenvalue weighted by atomic mass is 10.2. The van der Waals surface area contributed by atoms with Crippen LogP contribution in [-0.4, -0.2) is 15.0 Å². The highest BCUT2D eigenvalue weighted by atomic mass is 16.4. The Morgan fingerprint density at radius 2 is 1.88 bits per heavy atom. The maximum absolute atomic E-state index is 11.3. The molecule has 0 radical (unpaired) electrons. The van der Waals surface area contributed by atoms with E-state index < -0.39 is 0 Å². The molecule has 0 bridgehead atoms. The topological polar surface area (TPSA) is 86.7 Å². The highest BCUT2D eigenvalue weighted by Gasteiger charge is 2.13. The molecule has 0 aliphatic carbocycles. The summed E-state index contributed by atoms with van der Waals surface area (Å²) >= 11 is 0. The Labute approximate surface area is 137 Å². The van der Waals surface area contributed by atoms with E-state index >= 15 is 0 Å². The zero-order chi connectivity index (χ0) is 16.5. The molecular formula is C18H16N4O2. The van der Waals surface area contributed by atoms with Crippen LogP contribution in [0.5, 0.6) is 0 Å². The van der Waals surface area contributed by atoms with E-state index in [2.05, 4.69) is 20.3 Å². The zero-order valence-corrected chi connectivity index (χ0v) is 13.0. The summed E-state index contributed by atoms with van der Waals surface area (Å²) in [6.07, 6.45) is 1.73. The summed E-state index contributed by atoms with van der Waals surface area (Å²) in [5.41, 5.74) is 3.20. The Balaban J connectivity index is 1.56. The van der Waals surface area contributed by atoms with Gasteiger partial charge in [0.25, 0.3) is 0 Å². The van der Waals surface area contributed by atoms with Gasteiger partial charge in [-0.2, -0.15) is 0 Å². The molecule has 6 heteroatoms. The van der Waals surface area contributed by atoms with Crippen LogP contribution < -0.4 is 11.0 Å². The summed E-state index contributed by atoms with van der Waals surface area (Å²) in [4.78, 5) is 21.2. The third kappa shape index (κ3) is 2.69. The largest absolute Gasteiger partial charge is 0.438 e. The molecule has 6 nitrogen and oxygen atoms in total. The van der Waals surface area contributed by atoms with Crippen molar-refractivity contribution < 1.29 is 4.42 Å². The fourth-order valence-corrected chi connectivity index (χ4v) is 2.66. The minimum Gasteiger partial charge on any atom is -0.438 e. The van der Waals surface area contributed by atoms with Gasteiger partial charge in [0.15, 0.2) is 5.76 Å². The molecule has 4 rings (SSSR count). The lowest BCUT2D eigenvalue weighted by molar-refractivity contribution is 0.485. The molecule has 2 aromatic carbocycles. The second-order valence-corrected chi connectivity index (χ2v) is 5.63. The SMILES string of the molecule is CC(Nc1ccc2[nH]c(=O)[nH]c2c1)c1ncc(-c2ccccc2)o1. The van der Waals surface area contributed by atoms with Crippen molar-refractivity contribution in [3.63, 3.8) is 0 Å². The van der Waals surface area contributed by atoms with E-state index in [0.29, 0.717) is 5.89 Å². The quantitative estimate of drug-likeness (QED) is 0.535. The number of nitrogens with zero attached hydrogens (tertiary/aromatic N) is 1. The van der Waals surface area contributed by atoms with Crippen LogP contribution in [0.2, 0.25) is 0 Å². The summed E-state index contributed by atoms with van der Waals surface area (Å²) < 4.78 is 5.86. The minimum absolute atomic E-state index is 0.106. The number of hydrogen-bond acceptors (Lipinski definition) is 4. The maximum Gasteiger partial charge on any atom is 0.323 e. The predicted molar refractivity (Wildman–Crippen MR) is 92.9 cm³/mol. The summed E-state index contributed by atoms with van der Waals surface area (Å²) in [5, 5.41) is 3.33. The van der Waals surface area contributed by atoms with Crippen LogP contribution >= 0.6 is 0 Å². The molecule has 0 saturated carbocycles. The Morgan fingerprint density at radius 3 is 2.71 bits per heavy atom. The second kappa shape index (κ2) is 5.73. The Morgan fingerprint density at radius 1 is 1.08 bits per heavy atom. The second-order valence-electron chi connectivity index (χ2n) is 5.63. The first-order valence-corrected chi connectivity index (χ1v) is 7.69. The number of aromatic nitrogens is 3. The van der Waals surface area contributed by atoms with Gasteiger partial charge in [-0.1, -0.05) is 30.3 Å². The number of anilines is 1. The molecule has 2 heterocycles. The first kappa shape index (κ1) is 14.3. The molecule has 0 amide bonds. The fourth-order valence-electron chi connectivity index (χ4n) is 2.66. The number of nitrogens with one attached hydrogen (secondary N) is 3. The normalized spacial score (nSPS) is 12.4. The van der Waals surface area contributed by atoms with Crippen molar-refractivity contribution in [1.29, 1.82) is 0 Å². The average molecular weight is 320 g/mol. The molecule has 3 N–H and O–H groups in total. The van der Waals surface area contributed by atoms with Crippen LogP contribution in [0, 0.1) is 0 Å². The van der Waals surface area contributed by atoms with Crippen LogP contribution in [-0.2, 0) is 0 Å². The number of imidazole rings is 1. The van der Waals surface area contributed by atoms with Gasteiger partial charge in [0.1, 0.15) is 6.04 Å².